The number of allylic oxidation sites excluding steroid dienone is 4. The van der Waals surface area contributed by atoms with Gasteiger partial charge in [-0.15, -0.1) is 0 Å². The predicted octanol–water partition coefficient (Wildman–Crippen LogP) is 4.96. The van der Waals surface area contributed by atoms with Gasteiger partial charge in [0.05, 0.1) is 24.0 Å². The summed E-state index contributed by atoms with van der Waals surface area (Å²) < 4.78 is 34.7. The number of urea groups is 1. The van der Waals surface area contributed by atoms with Crippen molar-refractivity contribution in [1.82, 2.24) is 25.0 Å². The first-order chi connectivity index (χ1) is 18.9. The molecule has 1 aliphatic carbocycles. The number of methoxy groups -OCH3 is 1. The van der Waals surface area contributed by atoms with E-state index in [1.807, 2.05) is 31.2 Å². The molecule has 10 heteroatoms. The Morgan fingerprint density at radius 2 is 2.03 bits per heavy atom. The molecule has 0 bridgehead atoms. The number of anilines is 1. The van der Waals surface area contributed by atoms with Gasteiger partial charge in [0.25, 0.3) is 0 Å². The van der Waals surface area contributed by atoms with Gasteiger partial charge in [0.1, 0.15) is 11.5 Å². The number of ether oxygens (including phenoxy) is 1. The molecule has 1 aromatic carbocycles. The van der Waals surface area contributed by atoms with E-state index in [-0.39, 0.29) is 12.0 Å². The molecule has 2 atom stereocenters. The van der Waals surface area contributed by atoms with Gasteiger partial charge in [0.2, 0.25) is 0 Å². The lowest BCUT2D eigenvalue weighted by molar-refractivity contribution is 0.159. The summed E-state index contributed by atoms with van der Waals surface area (Å²) in [6.45, 7) is 4.23. The maximum Gasteiger partial charge on any atom is 0.320 e. The van der Waals surface area contributed by atoms with Gasteiger partial charge in [0.15, 0.2) is 11.6 Å². The minimum atomic E-state index is -0.901. The molecule has 2 amide bonds. The number of likely N-dealkylation sites (tertiary alicyclic amines) is 1. The lowest BCUT2D eigenvalue weighted by Gasteiger charge is -2.21. The summed E-state index contributed by atoms with van der Waals surface area (Å²) in [4.78, 5) is 20.0. The number of carbonyl (C=O) groups excluding carboxylic acids is 1. The van der Waals surface area contributed by atoms with Crippen molar-refractivity contribution in [1.29, 1.82) is 0 Å². The standard InChI is InChI=1S/C29H32F2N6O2/c1-19-27(25-10-6-7-13-32-25)35-37(21-8-4-3-5-9-21)28(19)34-29(38)33-26-18-36(14-15-39-2)17-22(26)20-11-12-23(30)24(31)16-20/h4,6-13,16,22,26H,3,5,14-15,17-18H2,1-2H3,(H2,33,34,38)/t22-,26+/m0/s1. The van der Waals surface area contributed by atoms with E-state index in [0.717, 1.165) is 30.2 Å². The van der Waals surface area contributed by atoms with E-state index in [1.54, 1.807) is 24.1 Å². The van der Waals surface area contributed by atoms with E-state index in [1.165, 1.54) is 6.07 Å². The Morgan fingerprint density at radius 3 is 2.74 bits per heavy atom. The van der Waals surface area contributed by atoms with Gasteiger partial charge >= 0.3 is 6.03 Å². The number of hydrogen-bond donors (Lipinski definition) is 2. The van der Waals surface area contributed by atoms with E-state index in [2.05, 4.69) is 32.7 Å². The largest absolute Gasteiger partial charge is 0.383 e. The molecule has 2 N–H and O–H groups in total. The Hall–Kier alpha value is -3.89. The number of aromatic nitrogens is 3. The first kappa shape index (κ1) is 26.7. The second-order valence-electron chi connectivity index (χ2n) is 9.80. The fraction of sp³-hybridized carbons (Fsp3) is 0.345. The highest BCUT2D eigenvalue weighted by molar-refractivity contribution is 5.91. The van der Waals surface area contributed by atoms with E-state index in [9.17, 15) is 13.6 Å². The number of carbonyl (C=O) groups is 1. The van der Waals surface area contributed by atoms with Crippen molar-refractivity contribution in [2.75, 3.05) is 38.7 Å². The van der Waals surface area contributed by atoms with Crippen molar-refractivity contribution in [3.8, 4) is 11.4 Å². The minimum Gasteiger partial charge on any atom is -0.383 e. The summed E-state index contributed by atoms with van der Waals surface area (Å²) >= 11 is 0. The summed E-state index contributed by atoms with van der Waals surface area (Å²) in [6, 6.07) is 8.82. The van der Waals surface area contributed by atoms with E-state index >= 15 is 0 Å². The first-order valence-electron chi connectivity index (χ1n) is 13.1. The fourth-order valence-electron chi connectivity index (χ4n) is 5.16. The molecular weight excluding hydrogens is 502 g/mol. The summed E-state index contributed by atoms with van der Waals surface area (Å²) in [5.41, 5.74) is 3.68. The highest BCUT2D eigenvalue weighted by Gasteiger charge is 2.35. The molecule has 1 fully saturated rings. The average Bonchev–Trinajstić information content (AvgIpc) is 3.50. The molecule has 5 rings (SSSR count). The lowest BCUT2D eigenvalue weighted by atomic mass is 9.94. The molecule has 39 heavy (non-hydrogen) atoms. The molecule has 3 heterocycles. The van der Waals surface area contributed by atoms with Crippen LogP contribution in [0.3, 0.4) is 0 Å². The van der Waals surface area contributed by atoms with Crippen molar-refractivity contribution in [2.45, 2.75) is 31.7 Å². The topological polar surface area (TPSA) is 84.3 Å². The smallest absolute Gasteiger partial charge is 0.320 e. The lowest BCUT2D eigenvalue weighted by Crippen LogP contribution is -2.42. The molecule has 1 saturated heterocycles. The van der Waals surface area contributed by atoms with Crippen LogP contribution in [-0.2, 0) is 4.74 Å². The molecule has 8 nitrogen and oxygen atoms in total. The Labute approximate surface area is 226 Å². The van der Waals surface area contributed by atoms with Crippen LogP contribution in [0.5, 0.6) is 0 Å². The zero-order valence-corrected chi connectivity index (χ0v) is 22.0. The van der Waals surface area contributed by atoms with Crippen LogP contribution in [0, 0.1) is 18.6 Å². The molecule has 204 valence electrons. The monoisotopic (exact) mass is 534 g/mol. The fourth-order valence-corrected chi connectivity index (χ4v) is 5.16. The third-order valence-electron chi connectivity index (χ3n) is 7.18. The zero-order chi connectivity index (χ0) is 27.4. The molecule has 1 aliphatic heterocycles. The van der Waals surface area contributed by atoms with Crippen LogP contribution in [-0.4, -0.2) is 65.1 Å². The quantitative estimate of drug-likeness (QED) is 0.427. The molecule has 0 spiro atoms. The second kappa shape index (κ2) is 11.9. The second-order valence-corrected chi connectivity index (χ2v) is 9.80. The van der Waals surface area contributed by atoms with Crippen LogP contribution in [0.15, 0.2) is 60.8 Å². The number of benzene rings is 1. The average molecular weight is 535 g/mol. The summed E-state index contributed by atoms with van der Waals surface area (Å²) in [5.74, 6) is -1.47. The van der Waals surface area contributed by atoms with Gasteiger partial charge in [-0.2, -0.15) is 5.10 Å². The zero-order valence-electron chi connectivity index (χ0n) is 22.0. The van der Waals surface area contributed by atoms with Gasteiger partial charge in [-0.05, 0) is 55.7 Å². The van der Waals surface area contributed by atoms with Crippen molar-refractivity contribution in [3.05, 3.63) is 83.6 Å². The van der Waals surface area contributed by atoms with Crippen LogP contribution in [0.1, 0.15) is 29.9 Å². The Balaban J connectivity index is 1.41. The van der Waals surface area contributed by atoms with E-state index < -0.39 is 17.7 Å². The molecule has 2 aliphatic rings. The Bertz CT molecular complexity index is 1390. The Morgan fingerprint density at radius 1 is 1.15 bits per heavy atom. The molecular formula is C29H32F2N6O2. The van der Waals surface area contributed by atoms with Gasteiger partial charge < -0.3 is 10.1 Å². The van der Waals surface area contributed by atoms with Crippen molar-refractivity contribution >= 4 is 17.5 Å². The number of halogens is 2. The highest BCUT2D eigenvalue weighted by atomic mass is 19.2. The summed E-state index contributed by atoms with van der Waals surface area (Å²) in [6.07, 6.45) is 9.70. The highest BCUT2D eigenvalue weighted by Crippen LogP contribution is 2.32. The maximum absolute atomic E-state index is 14.1. The SMILES string of the molecule is COCCN1C[C@@H](NC(=O)Nc2c(C)c(-c3ccccn3)nn2C2=CCCC=C2)[C@H](c2ccc(F)c(F)c2)C1. The van der Waals surface area contributed by atoms with Crippen LogP contribution in [0.2, 0.25) is 0 Å². The van der Waals surface area contributed by atoms with E-state index in [4.69, 9.17) is 9.84 Å². The predicted molar refractivity (Wildman–Crippen MR) is 146 cm³/mol. The summed E-state index contributed by atoms with van der Waals surface area (Å²) in [7, 11) is 1.63. The van der Waals surface area contributed by atoms with Gasteiger partial charge in [-0.3, -0.25) is 15.2 Å². The van der Waals surface area contributed by atoms with Crippen LogP contribution < -0.4 is 10.6 Å². The number of hydrogen-bond acceptors (Lipinski definition) is 5. The maximum atomic E-state index is 14.1. The third-order valence-corrected chi connectivity index (χ3v) is 7.18. The number of rotatable bonds is 8. The van der Waals surface area contributed by atoms with Crippen molar-refractivity contribution < 1.29 is 18.3 Å². The minimum absolute atomic E-state index is 0.221. The first-order valence-corrected chi connectivity index (χ1v) is 13.1. The molecule has 3 aromatic rings. The molecule has 0 radical (unpaired) electrons. The number of amides is 2. The van der Waals surface area contributed by atoms with Crippen LogP contribution in [0.4, 0.5) is 19.4 Å². The number of pyridine rings is 1. The normalized spacial score (nSPS) is 19.2. The number of nitrogens with zero attached hydrogens (tertiary/aromatic N) is 4. The third kappa shape index (κ3) is 5.91. The molecule has 2 aromatic heterocycles. The molecule has 0 saturated carbocycles. The number of nitrogens with one attached hydrogen (secondary N) is 2. The molecule has 0 unspecified atom stereocenters. The van der Waals surface area contributed by atoms with Gasteiger partial charge in [-0.1, -0.05) is 24.3 Å². The van der Waals surface area contributed by atoms with Gasteiger partial charge in [0, 0.05) is 44.4 Å². The van der Waals surface area contributed by atoms with Crippen LogP contribution >= 0.6 is 0 Å². The summed E-state index contributed by atoms with van der Waals surface area (Å²) in [5, 5.41) is 10.9. The van der Waals surface area contributed by atoms with Crippen LogP contribution in [0.25, 0.3) is 17.1 Å². The Kier molecular flexibility index (Phi) is 8.13. The van der Waals surface area contributed by atoms with E-state index in [0.29, 0.717) is 49.0 Å². The van der Waals surface area contributed by atoms with Crippen molar-refractivity contribution in [3.63, 3.8) is 0 Å². The van der Waals surface area contributed by atoms with Crippen molar-refractivity contribution in [2.24, 2.45) is 0 Å². The van der Waals surface area contributed by atoms with Gasteiger partial charge in [-0.25, -0.2) is 18.3 Å².